The summed E-state index contributed by atoms with van der Waals surface area (Å²) in [5.41, 5.74) is 1.54. The number of benzene rings is 4. The van der Waals surface area contributed by atoms with Crippen LogP contribution in [0.2, 0.25) is 0 Å². The van der Waals surface area contributed by atoms with E-state index in [0.29, 0.717) is 42.9 Å². The third-order valence-electron chi connectivity index (χ3n) is 13.7. The lowest BCUT2D eigenvalue weighted by Crippen LogP contribution is -2.60. The first-order valence-electron chi connectivity index (χ1n) is 21.4. The number of aliphatic hydroxyl groups excluding tert-OH is 1. The Bertz CT molecular complexity index is 2600. The van der Waals surface area contributed by atoms with Crippen LogP contribution in [0.3, 0.4) is 0 Å². The molecule has 5 aliphatic rings. The molecule has 4 aliphatic carbocycles. The van der Waals surface area contributed by atoms with Gasteiger partial charge in [-0.1, -0.05) is 103 Å². The predicted octanol–water partition coefficient (Wildman–Crippen LogP) is 8.62. The fourth-order valence-corrected chi connectivity index (χ4v) is 11.1. The Morgan fingerprint density at radius 3 is 2.15 bits per heavy atom. The molecule has 0 amide bonds. The van der Waals surface area contributed by atoms with Gasteiger partial charge >= 0.3 is 0 Å². The number of hydrogen-bond donors (Lipinski definition) is 2. The maximum Gasteiger partial charge on any atom is 0.265 e. The molecule has 0 radical (unpaired) electrons. The molecule has 1 saturated heterocycles. The van der Waals surface area contributed by atoms with E-state index in [0.717, 1.165) is 29.7 Å². The summed E-state index contributed by atoms with van der Waals surface area (Å²) in [6, 6.07) is 28.0. The lowest BCUT2D eigenvalue weighted by atomic mass is 9.58. The van der Waals surface area contributed by atoms with E-state index in [2.05, 4.69) is 35.3 Å². The first-order chi connectivity index (χ1) is 30.2. The van der Waals surface area contributed by atoms with Crippen LogP contribution in [0.5, 0.6) is 11.6 Å². The number of rotatable bonds is 13. The van der Waals surface area contributed by atoms with Gasteiger partial charge in [0, 0.05) is 53.9 Å². The number of fused-ring (bicyclic) bond motifs is 7. The van der Waals surface area contributed by atoms with Gasteiger partial charge in [0.15, 0.2) is 17.1 Å². The van der Waals surface area contributed by atoms with Gasteiger partial charge in [0.25, 0.3) is 5.88 Å². The molecule has 11 heteroatoms. The third kappa shape index (κ3) is 6.36. The highest BCUT2D eigenvalue weighted by molar-refractivity contribution is 6.16. The van der Waals surface area contributed by atoms with Gasteiger partial charge in [-0.3, -0.25) is 19.4 Å². The minimum absolute atomic E-state index is 0.0441. The van der Waals surface area contributed by atoms with Gasteiger partial charge in [0.2, 0.25) is 5.78 Å². The smallest absolute Gasteiger partial charge is 0.265 e. The minimum Gasteiger partial charge on any atom is -0.508 e. The van der Waals surface area contributed by atoms with Crippen LogP contribution in [-0.4, -0.2) is 62.0 Å². The summed E-state index contributed by atoms with van der Waals surface area (Å²) in [4.78, 5) is 34.4. The van der Waals surface area contributed by atoms with Crippen molar-refractivity contribution in [3.05, 3.63) is 184 Å². The molecule has 0 saturated carbocycles. The van der Waals surface area contributed by atoms with Gasteiger partial charge in [-0.2, -0.15) is 0 Å². The second-order valence-electron chi connectivity index (χ2n) is 17.2. The molecule has 1 aliphatic heterocycles. The number of ether oxygens (including phenoxy) is 2. The van der Waals surface area contributed by atoms with Crippen molar-refractivity contribution in [3.8, 4) is 11.6 Å². The molecule has 0 bridgehead atoms. The van der Waals surface area contributed by atoms with E-state index in [1.165, 1.54) is 0 Å². The molecular weight excluding hydrogens is 786 g/mol. The number of allylic oxidation sites excluding steroid dienone is 1. The molecule has 316 valence electrons. The normalized spacial score (nSPS) is 24.8. The summed E-state index contributed by atoms with van der Waals surface area (Å²) < 4.78 is 36.4. The standard InChI is InChI=1S/C51H48FN3O7/c1-3-21-54(22-4-2)44-37-26-34-25-35-40(45(56)38(34)48(57)51(37,59)49(58)41-47(44)62-53-50(41)61-29-32-18-12-7-13-19-32)46(60-28-31-16-10-6-11-17-31)36-24-33-20-23-55(43(33)39(36)42(35)52)27-30-14-8-5-9-15-30/h3-19,33-34,37,43-44,57,59H,1-2,20-29H2/t33?,34-,37-,43?,44-,51-/m0/s1. The molecule has 4 aromatic carbocycles. The molecule has 0 spiro atoms. The van der Waals surface area contributed by atoms with Crippen LogP contribution in [0.25, 0.3) is 0 Å². The number of aliphatic hydroxyl groups is 2. The summed E-state index contributed by atoms with van der Waals surface area (Å²) >= 11 is 0. The zero-order valence-electron chi connectivity index (χ0n) is 34.3. The Balaban J connectivity index is 1.10. The number of likely N-dealkylation sites (tertiary alicyclic amines) is 1. The van der Waals surface area contributed by atoms with Gasteiger partial charge < -0.3 is 24.2 Å². The molecule has 2 heterocycles. The van der Waals surface area contributed by atoms with Crippen molar-refractivity contribution in [1.82, 2.24) is 15.0 Å². The van der Waals surface area contributed by atoms with Gasteiger partial charge in [0.05, 0.1) is 11.6 Å². The summed E-state index contributed by atoms with van der Waals surface area (Å²) in [5, 5.41) is 29.6. The first-order valence-corrected chi connectivity index (χ1v) is 21.4. The van der Waals surface area contributed by atoms with Gasteiger partial charge in [-0.25, -0.2) is 4.39 Å². The maximum absolute atomic E-state index is 17.8. The number of carbonyl (C=O) groups excluding carboxylic acids is 2. The summed E-state index contributed by atoms with van der Waals surface area (Å²) in [7, 11) is 0. The highest BCUT2D eigenvalue weighted by Gasteiger charge is 2.64. The highest BCUT2D eigenvalue weighted by Crippen LogP contribution is 2.59. The molecule has 1 aromatic heterocycles. The molecular formula is C51H48FN3O7. The predicted molar refractivity (Wildman–Crippen MR) is 229 cm³/mol. The average Bonchev–Trinajstić information content (AvgIpc) is 4.00. The van der Waals surface area contributed by atoms with Crippen LogP contribution in [0.15, 0.2) is 132 Å². The van der Waals surface area contributed by atoms with E-state index in [1.807, 2.05) is 83.8 Å². The maximum atomic E-state index is 17.8. The molecule has 10 rings (SSSR count). The van der Waals surface area contributed by atoms with E-state index >= 15 is 9.18 Å². The molecule has 62 heavy (non-hydrogen) atoms. The lowest BCUT2D eigenvalue weighted by Gasteiger charge is -2.50. The Morgan fingerprint density at radius 2 is 1.50 bits per heavy atom. The Morgan fingerprint density at radius 1 is 0.871 bits per heavy atom. The van der Waals surface area contributed by atoms with Crippen molar-refractivity contribution >= 4 is 11.6 Å². The van der Waals surface area contributed by atoms with E-state index < -0.39 is 46.6 Å². The number of nitrogens with zero attached hydrogens (tertiary/aromatic N) is 3. The second-order valence-corrected chi connectivity index (χ2v) is 17.2. The van der Waals surface area contributed by atoms with Gasteiger partial charge in [-0.15, -0.1) is 13.2 Å². The van der Waals surface area contributed by atoms with Gasteiger partial charge in [-0.05, 0) is 65.9 Å². The van der Waals surface area contributed by atoms with E-state index in [1.54, 1.807) is 12.2 Å². The van der Waals surface area contributed by atoms with Crippen LogP contribution >= 0.6 is 0 Å². The Labute approximate surface area is 359 Å². The molecule has 5 aromatic rings. The van der Waals surface area contributed by atoms with Crippen molar-refractivity contribution < 1.29 is 38.2 Å². The molecule has 10 nitrogen and oxygen atoms in total. The molecule has 1 fully saturated rings. The van der Waals surface area contributed by atoms with Crippen LogP contribution in [-0.2, 0) is 32.6 Å². The number of hydrogen-bond acceptors (Lipinski definition) is 10. The van der Waals surface area contributed by atoms with Crippen LogP contribution in [0, 0.1) is 23.6 Å². The number of aromatic nitrogens is 1. The lowest BCUT2D eigenvalue weighted by molar-refractivity contribution is -0.0602. The Kier molecular flexibility index (Phi) is 10.3. The van der Waals surface area contributed by atoms with Crippen molar-refractivity contribution in [1.29, 1.82) is 0 Å². The quantitative estimate of drug-likeness (QED) is 0.111. The summed E-state index contributed by atoms with van der Waals surface area (Å²) in [6.07, 6.45) is 4.86. The van der Waals surface area contributed by atoms with Gasteiger partial charge in [0.1, 0.15) is 36.1 Å². The van der Waals surface area contributed by atoms with Crippen LogP contribution in [0.1, 0.15) is 84.8 Å². The largest absolute Gasteiger partial charge is 0.508 e. The molecule has 6 atom stereocenters. The summed E-state index contributed by atoms with van der Waals surface area (Å²) in [5.74, 6) is -4.03. The van der Waals surface area contributed by atoms with Crippen molar-refractivity contribution in [2.24, 2.45) is 17.8 Å². The number of ketones is 2. The second kappa shape index (κ2) is 16.0. The topological polar surface area (TPSA) is 126 Å². The monoisotopic (exact) mass is 833 g/mol. The number of Topliss-reactive ketones (excluding diaryl/α,β-unsaturated/α-hetero) is 2. The fourth-order valence-electron chi connectivity index (χ4n) is 11.1. The van der Waals surface area contributed by atoms with Crippen molar-refractivity contribution in [3.63, 3.8) is 0 Å². The first kappa shape index (κ1) is 40.0. The van der Waals surface area contributed by atoms with Crippen LogP contribution in [0.4, 0.5) is 4.39 Å². The zero-order chi connectivity index (χ0) is 42.7. The average molecular weight is 834 g/mol. The number of carbonyl (C=O) groups is 2. The van der Waals surface area contributed by atoms with E-state index in [9.17, 15) is 15.0 Å². The molecule has 2 N–H and O–H groups in total. The fraction of sp³-hybridized carbons (Fsp3) is 0.314. The van der Waals surface area contributed by atoms with Crippen LogP contribution < -0.4 is 9.47 Å². The minimum atomic E-state index is -2.58. The summed E-state index contributed by atoms with van der Waals surface area (Å²) in [6.45, 7) is 10.2. The van der Waals surface area contributed by atoms with E-state index in [4.69, 9.17) is 14.0 Å². The number of halogens is 1. The van der Waals surface area contributed by atoms with Crippen molar-refractivity contribution in [2.75, 3.05) is 19.6 Å². The van der Waals surface area contributed by atoms with E-state index in [-0.39, 0.29) is 71.9 Å². The Hall–Kier alpha value is -6.14. The third-order valence-corrected chi connectivity index (χ3v) is 13.7. The SMILES string of the molecule is C=CCN(CC=C)[C@@H]1c2onc(OCc3ccccc3)c2C(=O)[C@@]2(O)C(O)=C3C(=O)c4c(c(F)c5c(c4OCc4ccccc4)CC4CCN(Cc6ccccc6)C54)C[C@H]3C[C@@H]12. The highest BCUT2D eigenvalue weighted by atomic mass is 19.1. The van der Waals surface area contributed by atoms with Crippen molar-refractivity contribution in [2.45, 2.75) is 63.1 Å². The molecule has 2 unspecified atom stereocenters. The zero-order valence-corrected chi connectivity index (χ0v) is 34.3.